The van der Waals surface area contributed by atoms with Gasteiger partial charge in [0.25, 0.3) is 5.91 Å². The summed E-state index contributed by atoms with van der Waals surface area (Å²) in [6.07, 6.45) is 1.85. The van der Waals surface area contributed by atoms with Gasteiger partial charge in [-0.1, -0.05) is 78.9 Å². The van der Waals surface area contributed by atoms with Crippen LogP contribution in [0.3, 0.4) is 0 Å². The number of aliphatic imine (C=N–C) groups is 1. The first-order valence-corrected chi connectivity index (χ1v) is 8.27. The van der Waals surface area contributed by atoms with Crippen molar-refractivity contribution in [2.75, 3.05) is 7.05 Å². The van der Waals surface area contributed by atoms with Crippen LogP contribution in [0.15, 0.2) is 89.9 Å². The van der Waals surface area contributed by atoms with Crippen molar-refractivity contribution in [2.45, 2.75) is 5.66 Å². The van der Waals surface area contributed by atoms with Crippen LogP contribution in [0.5, 0.6) is 0 Å². The van der Waals surface area contributed by atoms with E-state index < -0.39 is 5.66 Å². The molecule has 0 aromatic heterocycles. The van der Waals surface area contributed by atoms with Gasteiger partial charge in [-0.2, -0.15) is 0 Å². The van der Waals surface area contributed by atoms with Crippen molar-refractivity contribution in [1.29, 1.82) is 0 Å². The number of benzene rings is 3. The fraction of sp³-hybridized carbons (Fsp3) is 0.0909. The maximum atomic E-state index is 12.8. The van der Waals surface area contributed by atoms with Crippen molar-refractivity contribution in [1.82, 2.24) is 4.90 Å². The third-order valence-electron chi connectivity index (χ3n) is 4.70. The summed E-state index contributed by atoms with van der Waals surface area (Å²) in [6.45, 7) is 0. The summed E-state index contributed by atoms with van der Waals surface area (Å²) in [5.41, 5.74) is 2.76. The van der Waals surface area contributed by atoms with Gasteiger partial charge in [0.2, 0.25) is 0 Å². The maximum Gasteiger partial charge on any atom is 0.256 e. The van der Waals surface area contributed by atoms with Crippen LogP contribution in [-0.2, 0) is 5.66 Å². The van der Waals surface area contributed by atoms with Crippen LogP contribution in [-0.4, -0.2) is 24.1 Å². The van der Waals surface area contributed by atoms with E-state index in [-0.39, 0.29) is 5.91 Å². The van der Waals surface area contributed by atoms with Gasteiger partial charge < -0.3 is 4.90 Å². The number of carbonyl (C=O) groups excluding carboxylic acids is 1. The number of amides is 1. The number of hydrogen-bond acceptors (Lipinski definition) is 2. The lowest BCUT2D eigenvalue weighted by Gasteiger charge is -2.33. The van der Waals surface area contributed by atoms with E-state index in [1.165, 1.54) is 0 Å². The van der Waals surface area contributed by atoms with Gasteiger partial charge >= 0.3 is 0 Å². The van der Waals surface area contributed by atoms with Crippen molar-refractivity contribution >= 4 is 12.1 Å². The Morgan fingerprint density at radius 3 is 2.16 bits per heavy atom. The molecule has 3 aromatic rings. The van der Waals surface area contributed by atoms with Crippen molar-refractivity contribution in [3.8, 4) is 0 Å². The zero-order chi connectivity index (χ0) is 17.3. The smallest absolute Gasteiger partial charge is 0.256 e. The van der Waals surface area contributed by atoms with Gasteiger partial charge in [0.15, 0.2) is 5.66 Å². The second-order valence-corrected chi connectivity index (χ2v) is 6.12. The molecule has 1 aliphatic heterocycles. The molecule has 1 amide bonds. The summed E-state index contributed by atoms with van der Waals surface area (Å²) in [6, 6.07) is 27.6. The first-order chi connectivity index (χ1) is 12.2. The molecular formula is C22H18N2O. The molecule has 1 heterocycles. The highest BCUT2D eigenvalue weighted by molar-refractivity contribution is 6.01. The highest BCUT2D eigenvalue weighted by Crippen LogP contribution is 2.44. The molecule has 0 radical (unpaired) electrons. The van der Waals surface area contributed by atoms with E-state index in [4.69, 9.17) is 4.99 Å². The normalized spacial score (nSPS) is 19.4. The zero-order valence-corrected chi connectivity index (χ0v) is 14.0. The molecule has 0 saturated heterocycles. The Bertz CT molecular complexity index is 935. The molecule has 1 atom stereocenters. The van der Waals surface area contributed by atoms with Gasteiger partial charge in [-0.15, -0.1) is 0 Å². The quantitative estimate of drug-likeness (QED) is 0.667. The minimum Gasteiger partial charge on any atom is -0.309 e. The van der Waals surface area contributed by atoms with E-state index in [2.05, 4.69) is 0 Å². The summed E-state index contributed by atoms with van der Waals surface area (Å²) in [5.74, 6) is -0.00957. The molecule has 4 rings (SSSR count). The lowest BCUT2D eigenvalue weighted by molar-refractivity contribution is 0.0706. The molecule has 1 unspecified atom stereocenters. The summed E-state index contributed by atoms with van der Waals surface area (Å²) < 4.78 is 0. The second-order valence-electron chi connectivity index (χ2n) is 6.12. The average molecular weight is 326 g/mol. The maximum absolute atomic E-state index is 12.8. The zero-order valence-electron chi connectivity index (χ0n) is 14.0. The average Bonchev–Trinajstić information content (AvgIpc) is 2.90. The van der Waals surface area contributed by atoms with Gasteiger partial charge in [0, 0.05) is 30.0 Å². The van der Waals surface area contributed by atoms with E-state index >= 15 is 0 Å². The van der Waals surface area contributed by atoms with E-state index in [9.17, 15) is 4.79 Å². The Balaban J connectivity index is 1.95. The summed E-state index contributed by atoms with van der Waals surface area (Å²) in [7, 11) is 1.82. The minimum atomic E-state index is -0.842. The Labute approximate surface area is 147 Å². The Kier molecular flexibility index (Phi) is 3.69. The van der Waals surface area contributed by atoms with E-state index in [1.807, 2.05) is 98.2 Å². The molecule has 0 spiro atoms. The van der Waals surface area contributed by atoms with Crippen molar-refractivity contribution in [3.63, 3.8) is 0 Å². The van der Waals surface area contributed by atoms with Gasteiger partial charge in [-0.05, 0) is 11.6 Å². The predicted octanol–water partition coefficient (Wildman–Crippen LogP) is 4.09. The van der Waals surface area contributed by atoms with Crippen LogP contribution in [0.1, 0.15) is 27.0 Å². The standard InChI is InChI=1S/C22H18N2O/c1-24-21(25)19-14-8-9-15-20(19)22(24,18-12-6-3-7-13-18)23-16-17-10-4-2-5-11-17/h2-16H,1H3. The third-order valence-corrected chi connectivity index (χ3v) is 4.70. The van der Waals surface area contributed by atoms with Crippen LogP contribution < -0.4 is 0 Å². The largest absolute Gasteiger partial charge is 0.309 e. The number of carbonyl (C=O) groups is 1. The van der Waals surface area contributed by atoms with Gasteiger partial charge in [0.1, 0.15) is 0 Å². The third kappa shape index (κ3) is 2.36. The van der Waals surface area contributed by atoms with Crippen LogP contribution in [0.25, 0.3) is 0 Å². The molecule has 122 valence electrons. The van der Waals surface area contributed by atoms with E-state index in [0.717, 1.165) is 16.7 Å². The second kappa shape index (κ2) is 6.02. The molecular weight excluding hydrogens is 308 g/mol. The van der Waals surface area contributed by atoms with Crippen molar-refractivity contribution < 1.29 is 4.79 Å². The molecule has 0 saturated carbocycles. The van der Waals surface area contributed by atoms with Gasteiger partial charge in [0.05, 0.1) is 0 Å². The first-order valence-electron chi connectivity index (χ1n) is 8.27. The summed E-state index contributed by atoms with van der Waals surface area (Å²) in [5, 5.41) is 0. The van der Waals surface area contributed by atoms with Gasteiger partial charge in [-0.25, -0.2) is 0 Å². The molecule has 0 bridgehead atoms. The molecule has 0 aliphatic carbocycles. The monoisotopic (exact) mass is 326 g/mol. The highest BCUT2D eigenvalue weighted by Gasteiger charge is 2.48. The van der Waals surface area contributed by atoms with Crippen LogP contribution in [0.2, 0.25) is 0 Å². The number of hydrogen-bond donors (Lipinski definition) is 0. The molecule has 0 N–H and O–H groups in total. The van der Waals surface area contributed by atoms with Crippen LogP contribution in [0.4, 0.5) is 0 Å². The highest BCUT2D eigenvalue weighted by atomic mass is 16.2. The van der Waals surface area contributed by atoms with Crippen LogP contribution >= 0.6 is 0 Å². The van der Waals surface area contributed by atoms with Gasteiger partial charge in [-0.3, -0.25) is 9.79 Å². The number of nitrogens with zero attached hydrogens (tertiary/aromatic N) is 2. The van der Waals surface area contributed by atoms with Crippen molar-refractivity contribution in [2.24, 2.45) is 4.99 Å². The molecule has 3 aromatic carbocycles. The fourth-order valence-corrected chi connectivity index (χ4v) is 3.44. The predicted molar refractivity (Wildman–Crippen MR) is 99.8 cm³/mol. The van der Waals surface area contributed by atoms with E-state index in [1.54, 1.807) is 4.90 Å². The first kappa shape index (κ1) is 15.3. The SMILES string of the molecule is CN1C(=O)c2ccccc2C1(N=Cc1ccccc1)c1ccccc1. The minimum absolute atomic E-state index is 0.00957. The lowest BCUT2D eigenvalue weighted by Crippen LogP contribution is -2.40. The Hall–Kier alpha value is -3.20. The molecule has 0 fully saturated rings. The van der Waals surface area contributed by atoms with Crippen LogP contribution in [0, 0.1) is 0 Å². The molecule has 3 heteroatoms. The Morgan fingerprint density at radius 1 is 0.840 bits per heavy atom. The molecule has 25 heavy (non-hydrogen) atoms. The number of fused-ring (bicyclic) bond motifs is 1. The summed E-state index contributed by atoms with van der Waals surface area (Å²) >= 11 is 0. The number of rotatable bonds is 3. The Morgan fingerprint density at radius 2 is 1.44 bits per heavy atom. The lowest BCUT2D eigenvalue weighted by atomic mass is 9.91. The fourth-order valence-electron chi connectivity index (χ4n) is 3.44. The molecule has 1 aliphatic rings. The molecule has 3 nitrogen and oxygen atoms in total. The van der Waals surface area contributed by atoms with E-state index in [0.29, 0.717) is 5.56 Å². The van der Waals surface area contributed by atoms with Crippen molar-refractivity contribution in [3.05, 3.63) is 107 Å². The topological polar surface area (TPSA) is 32.7 Å². The summed E-state index contributed by atoms with van der Waals surface area (Å²) in [4.78, 5) is 19.5.